The Balaban J connectivity index is 1.80. The zero-order valence-corrected chi connectivity index (χ0v) is 18.6. The number of rotatable bonds is 4. The number of nitrogens with zero attached hydrogens (tertiary/aromatic N) is 5. The first-order valence-corrected chi connectivity index (χ1v) is 10.1. The van der Waals surface area contributed by atoms with Gasteiger partial charge in [0, 0.05) is 18.6 Å². The van der Waals surface area contributed by atoms with E-state index in [-0.39, 0.29) is 40.4 Å². The molecule has 1 aromatic carbocycles. The van der Waals surface area contributed by atoms with Gasteiger partial charge in [0.25, 0.3) is 0 Å². The molecule has 0 aliphatic rings. The molecule has 0 aliphatic heterocycles. The fourth-order valence-corrected chi connectivity index (χ4v) is 3.39. The van der Waals surface area contributed by atoms with Gasteiger partial charge in [-0.05, 0) is 39.0 Å². The molecule has 9 nitrogen and oxygen atoms in total. The molecule has 1 N–H and O–H groups in total. The Labute approximate surface area is 190 Å². The SMILES string of the molecule is Cn1nc(-c2cnc3c(n2)c(C(=O)O)cn3COC(=O)C(C)(C)C)c2ccc(C(F)(F)F)cc21. The molecule has 12 heteroatoms. The summed E-state index contributed by atoms with van der Waals surface area (Å²) in [5.41, 5.74) is -0.860. The highest BCUT2D eigenvalue weighted by molar-refractivity contribution is 6.01. The number of esters is 1. The monoisotopic (exact) mass is 475 g/mol. The van der Waals surface area contributed by atoms with Gasteiger partial charge in [0.15, 0.2) is 12.4 Å². The molecular weight excluding hydrogens is 455 g/mol. The van der Waals surface area contributed by atoms with Crippen LogP contribution in [0.15, 0.2) is 30.6 Å². The second-order valence-corrected chi connectivity index (χ2v) is 8.76. The van der Waals surface area contributed by atoms with Crippen molar-refractivity contribution in [2.45, 2.75) is 33.7 Å². The van der Waals surface area contributed by atoms with Gasteiger partial charge in [0.2, 0.25) is 0 Å². The van der Waals surface area contributed by atoms with Crippen LogP contribution in [0.1, 0.15) is 36.7 Å². The average molecular weight is 475 g/mol. The number of hydrogen-bond donors (Lipinski definition) is 1. The van der Waals surface area contributed by atoms with Gasteiger partial charge in [-0.1, -0.05) is 0 Å². The third-order valence-electron chi connectivity index (χ3n) is 5.16. The molecule has 0 fully saturated rings. The van der Waals surface area contributed by atoms with Crippen molar-refractivity contribution >= 4 is 34.0 Å². The topological polar surface area (TPSA) is 112 Å². The van der Waals surface area contributed by atoms with E-state index < -0.39 is 29.1 Å². The summed E-state index contributed by atoms with van der Waals surface area (Å²) < 4.78 is 47.2. The van der Waals surface area contributed by atoms with Crippen molar-refractivity contribution in [2.75, 3.05) is 0 Å². The van der Waals surface area contributed by atoms with E-state index in [1.165, 1.54) is 34.8 Å². The van der Waals surface area contributed by atoms with Gasteiger partial charge in [-0.3, -0.25) is 14.0 Å². The molecule has 178 valence electrons. The Morgan fingerprint density at radius 1 is 1.18 bits per heavy atom. The maximum atomic E-state index is 13.1. The van der Waals surface area contributed by atoms with E-state index in [0.29, 0.717) is 5.39 Å². The van der Waals surface area contributed by atoms with Crippen LogP contribution in [0.2, 0.25) is 0 Å². The fourth-order valence-electron chi connectivity index (χ4n) is 3.39. The van der Waals surface area contributed by atoms with E-state index in [0.717, 1.165) is 12.1 Å². The van der Waals surface area contributed by atoms with Crippen molar-refractivity contribution in [2.24, 2.45) is 12.5 Å². The fraction of sp³-hybridized carbons (Fsp3) is 0.318. The summed E-state index contributed by atoms with van der Waals surface area (Å²) in [6.07, 6.45) is -1.90. The Hall–Kier alpha value is -3.96. The molecule has 0 saturated carbocycles. The number of carboxylic acids is 1. The first-order chi connectivity index (χ1) is 15.8. The van der Waals surface area contributed by atoms with Crippen LogP contribution in [0.25, 0.3) is 33.5 Å². The maximum Gasteiger partial charge on any atom is 0.416 e. The summed E-state index contributed by atoms with van der Waals surface area (Å²) >= 11 is 0. The number of carbonyl (C=O) groups excluding carboxylic acids is 1. The quantitative estimate of drug-likeness (QED) is 0.439. The number of ether oxygens (including phenoxy) is 1. The van der Waals surface area contributed by atoms with Crippen LogP contribution < -0.4 is 0 Å². The molecule has 0 unspecified atom stereocenters. The predicted molar refractivity (Wildman–Crippen MR) is 115 cm³/mol. The van der Waals surface area contributed by atoms with Crippen LogP contribution in [-0.4, -0.2) is 41.4 Å². The number of carboxylic acid groups (broad SMARTS) is 1. The molecule has 0 radical (unpaired) electrons. The lowest BCUT2D eigenvalue weighted by Gasteiger charge is -2.16. The Morgan fingerprint density at radius 3 is 2.50 bits per heavy atom. The second-order valence-electron chi connectivity index (χ2n) is 8.76. The van der Waals surface area contributed by atoms with E-state index >= 15 is 0 Å². The Kier molecular flexibility index (Phi) is 5.34. The zero-order chi connectivity index (χ0) is 25.0. The number of aromatic carboxylic acids is 1. The van der Waals surface area contributed by atoms with Crippen molar-refractivity contribution < 1.29 is 32.6 Å². The smallest absolute Gasteiger partial charge is 0.416 e. The number of fused-ring (bicyclic) bond motifs is 2. The summed E-state index contributed by atoms with van der Waals surface area (Å²) in [6.45, 7) is 4.80. The number of aryl methyl sites for hydroxylation is 1. The van der Waals surface area contributed by atoms with Crippen molar-refractivity contribution in [1.82, 2.24) is 24.3 Å². The van der Waals surface area contributed by atoms with Crippen LogP contribution in [0.4, 0.5) is 13.2 Å². The molecule has 0 atom stereocenters. The second kappa shape index (κ2) is 7.82. The summed E-state index contributed by atoms with van der Waals surface area (Å²) in [6, 6.07) is 3.23. The lowest BCUT2D eigenvalue weighted by molar-refractivity contribution is -0.156. The zero-order valence-electron chi connectivity index (χ0n) is 18.6. The number of hydrogen-bond acceptors (Lipinski definition) is 6. The molecule has 4 aromatic rings. The molecule has 0 spiro atoms. The summed E-state index contributed by atoms with van der Waals surface area (Å²) in [7, 11) is 1.50. The number of alkyl halides is 3. The van der Waals surface area contributed by atoms with E-state index in [1.54, 1.807) is 20.8 Å². The summed E-state index contributed by atoms with van der Waals surface area (Å²) in [5, 5.41) is 14.3. The number of halogens is 3. The molecule has 0 amide bonds. The van der Waals surface area contributed by atoms with Crippen molar-refractivity contribution in [3.05, 3.63) is 41.7 Å². The largest absolute Gasteiger partial charge is 0.478 e. The molecular formula is C22H20F3N5O4. The molecule has 0 bridgehead atoms. The van der Waals surface area contributed by atoms with Gasteiger partial charge in [-0.25, -0.2) is 14.8 Å². The summed E-state index contributed by atoms with van der Waals surface area (Å²) in [4.78, 5) is 32.6. The normalized spacial score (nSPS) is 12.4. The lowest BCUT2D eigenvalue weighted by atomic mass is 9.98. The highest BCUT2D eigenvalue weighted by Crippen LogP contribution is 2.34. The van der Waals surface area contributed by atoms with Gasteiger partial charge in [0.1, 0.15) is 22.5 Å². The van der Waals surface area contributed by atoms with Crippen LogP contribution >= 0.6 is 0 Å². The molecule has 0 aliphatic carbocycles. The predicted octanol–water partition coefficient (Wildman–Crippen LogP) is 4.25. The average Bonchev–Trinajstić information content (AvgIpc) is 3.28. The van der Waals surface area contributed by atoms with Gasteiger partial charge < -0.3 is 9.84 Å². The number of benzene rings is 1. The third-order valence-corrected chi connectivity index (χ3v) is 5.16. The molecule has 3 aromatic heterocycles. The minimum atomic E-state index is -4.51. The maximum absolute atomic E-state index is 13.1. The van der Waals surface area contributed by atoms with E-state index in [4.69, 9.17) is 4.74 Å². The number of aromatic nitrogens is 5. The van der Waals surface area contributed by atoms with E-state index in [1.807, 2.05) is 0 Å². The van der Waals surface area contributed by atoms with Crippen LogP contribution in [0.3, 0.4) is 0 Å². The van der Waals surface area contributed by atoms with Gasteiger partial charge in [-0.2, -0.15) is 18.3 Å². The van der Waals surface area contributed by atoms with E-state index in [9.17, 15) is 27.9 Å². The molecule has 4 rings (SSSR count). The lowest BCUT2D eigenvalue weighted by Crippen LogP contribution is -2.24. The minimum Gasteiger partial charge on any atom is -0.478 e. The van der Waals surface area contributed by atoms with Crippen molar-refractivity contribution in [3.8, 4) is 11.4 Å². The Bertz CT molecular complexity index is 1450. The summed E-state index contributed by atoms with van der Waals surface area (Å²) in [5.74, 6) is -1.74. The molecule has 3 heterocycles. The minimum absolute atomic E-state index is 0.0301. The highest BCUT2D eigenvalue weighted by Gasteiger charge is 2.31. The molecule has 34 heavy (non-hydrogen) atoms. The van der Waals surface area contributed by atoms with Crippen molar-refractivity contribution in [3.63, 3.8) is 0 Å². The van der Waals surface area contributed by atoms with Gasteiger partial charge in [0.05, 0.1) is 22.7 Å². The first kappa shape index (κ1) is 23.2. The highest BCUT2D eigenvalue weighted by atomic mass is 19.4. The molecule has 0 saturated heterocycles. The van der Waals surface area contributed by atoms with Crippen LogP contribution in [0.5, 0.6) is 0 Å². The van der Waals surface area contributed by atoms with Gasteiger partial charge >= 0.3 is 18.1 Å². The Morgan fingerprint density at radius 2 is 1.88 bits per heavy atom. The van der Waals surface area contributed by atoms with E-state index in [2.05, 4.69) is 15.1 Å². The van der Waals surface area contributed by atoms with Crippen LogP contribution in [-0.2, 0) is 29.5 Å². The third kappa shape index (κ3) is 4.06. The van der Waals surface area contributed by atoms with Crippen LogP contribution in [0, 0.1) is 5.41 Å². The first-order valence-electron chi connectivity index (χ1n) is 10.1. The number of carbonyl (C=O) groups is 2. The van der Waals surface area contributed by atoms with Gasteiger partial charge in [-0.15, -0.1) is 0 Å². The van der Waals surface area contributed by atoms with Crippen molar-refractivity contribution in [1.29, 1.82) is 0 Å². The standard InChI is InChI=1S/C22H20F3N5O4/c1-21(2,3)20(33)34-10-30-9-13(19(31)32)17-18(30)26-8-14(27-17)16-12-6-5-11(22(23,24)25)7-15(12)29(4)28-16/h5-9H,10H2,1-4H3,(H,31,32).